The van der Waals surface area contributed by atoms with Gasteiger partial charge in [0.2, 0.25) is 0 Å². The molecule has 2 amide bonds. The van der Waals surface area contributed by atoms with Gasteiger partial charge in [-0.2, -0.15) is 0 Å². The van der Waals surface area contributed by atoms with Crippen LogP contribution in [-0.4, -0.2) is 84.0 Å². The first-order valence-electron chi connectivity index (χ1n) is 19.0. The molecule has 2 aromatic heterocycles. The summed E-state index contributed by atoms with van der Waals surface area (Å²) in [6.07, 6.45) is 3.93. The number of nitrogens with zero attached hydrogens (tertiary/aromatic N) is 4. The highest BCUT2D eigenvalue weighted by Crippen LogP contribution is 2.51. The number of aromatic amines is 1. The van der Waals surface area contributed by atoms with Crippen molar-refractivity contribution in [3.63, 3.8) is 0 Å². The van der Waals surface area contributed by atoms with Crippen LogP contribution in [0, 0.1) is 0 Å². The van der Waals surface area contributed by atoms with Gasteiger partial charge in [-0.05, 0) is 66.8 Å². The lowest BCUT2D eigenvalue weighted by Crippen LogP contribution is -2.50. The van der Waals surface area contributed by atoms with Gasteiger partial charge in [-0.3, -0.25) is 4.79 Å². The van der Waals surface area contributed by atoms with Crippen LogP contribution in [0.25, 0.3) is 33.4 Å². The quantitative estimate of drug-likeness (QED) is 0.132. The number of aromatic nitrogens is 3. The molecule has 14 heteroatoms. The number of carbonyl (C=O) groups excluding carboxylic acids is 2. The van der Waals surface area contributed by atoms with Crippen molar-refractivity contribution in [2.45, 2.75) is 31.3 Å². The van der Waals surface area contributed by atoms with Crippen molar-refractivity contribution in [1.82, 2.24) is 19.4 Å². The largest absolute Gasteiger partial charge is 0.491 e. The highest BCUT2D eigenvalue weighted by Gasteiger charge is 2.37. The number of halogens is 3. The predicted molar refractivity (Wildman–Crippen MR) is 223 cm³/mol. The molecule has 292 valence electrons. The van der Waals surface area contributed by atoms with Crippen LogP contribution in [0.1, 0.15) is 46.9 Å². The van der Waals surface area contributed by atoms with Crippen LogP contribution < -0.4 is 15.0 Å². The molecule has 2 saturated heterocycles. The number of rotatable bonds is 10. The van der Waals surface area contributed by atoms with E-state index in [0.717, 1.165) is 58.4 Å². The Kier molecular flexibility index (Phi) is 10.2. The Morgan fingerprint density at radius 1 is 0.947 bits per heavy atom. The van der Waals surface area contributed by atoms with E-state index in [9.17, 15) is 9.59 Å². The lowest BCUT2D eigenvalue weighted by atomic mass is 9.87. The van der Waals surface area contributed by atoms with Gasteiger partial charge in [0.1, 0.15) is 18.1 Å². The number of fused-ring (bicyclic) bond motifs is 2. The number of amides is 2. The Labute approximate surface area is 344 Å². The minimum atomic E-state index is -0.419. The lowest BCUT2D eigenvalue weighted by molar-refractivity contribution is 0.0499. The molecule has 1 unspecified atom stereocenters. The van der Waals surface area contributed by atoms with Gasteiger partial charge < -0.3 is 38.9 Å². The number of H-pyrrole nitrogens is 1. The van der Waals surface area contributed by atoms with Crippen molar-refractivity contribution in [2.24, 2.45) is 0 Å². The van der Waals surface area contributed by atoms with Crippen molar-refractivity contribution in [3.05, 3.63) is 117 Å². The Morgan fingerprint density at radius 2 is 1.77 bits per heavy atom. The van der Waals surface area contributed by atoms with Crippen molar-refractivity contribution in [3.8, 4) is 28.3 Å². The minimum Gasteiger partial charge on any atom is -0.491 e. The summed E-state index contributed by atoms with van der Waals surface area (Å²) < 4.78 is 18.6. The van der Waals surface area contributed by atoms with Crippen molar-refractivity contribution in [1.29, 1.82) is 0 Å². The molecular weight excluding hydrogens is 787 g/mol. The van der Waals surface area contributed by atoms with E-state index < -0.39 is 6.04 Å². The molecule has 11 nitrogen and oxygen atoms in total. The van der Waals surface area contributed by atoms with Gasteiger partial charge in [0.05, 0.1) is 48.3 Å². The van der Waals surface area contributed by atoms with Crippen LogP contribution in [0.3, 0.4) is 0 Å². The van der Waals surface area contributed by atoms with E-state index in [1.807, 2.05) is 77.7 Å². The Morgan fingerprint density at radius 3 is 2.54 bits per heavy atom. The third kappa shape index (κ3) is 6.96. The number of cyclic esters (lactones) is 1. The fourth-order valence-electron chi connectivity index (χ4n) is 8.48. The zero-order valence-corrected chi connectivity index (χ0v) is 33.3. The number of carbonyl (C=O) groups is 2. The van der Waals surface area contributed by atoms with E-state index in [4.69, 9.17) is 54.0 Å². The fraction of sp³-hybridized carbons (Fsp3) is 0.279. The second kappa shape index (κ2) is 15.6. The maximum atomic E-state index is 14.9. The molecule has 3 aliphatic rings. The molecule has 9 rings (SSSR count). The summed E-state index contributed by atoms with van der Waals surface area (Å²) in [5.41, 5.74) is 7.26. The molecule has 4 aromatic carbocycles. The summed E-state index contributed by atoms with van der Waals surface area (Å²) >= 11 is 20.1. The summed E-state index contributed by atoms with van der Waals surface area (Å²) in [7, 11) is 1.62. The molecule has 2 fully saturated rings. The number of anilines is 2. The molecule has 6 aromatic rings. The van der Waals surface area contributed by atoms with Crippen LogP contribution in [0.2, 0.25) is 15.1 Å². The normalized spacial score (nSPS) is 16.8. The summed E-state index contributed by atoms with van der Waals surface area (Å²) in [6, 6.07) is 24.6. The molecule has 2 N–H and O–H groups in total. The number of piperidine rings is 1. The van der Waals surface area contributed by atoms with Gasteiger partial charge >= 0.3 is 6.09 Å². The Balaban J connectivity index is 1.14. The van der Waals surface area contributed by atoms with Gasteiger partial charge in [0.15, 0.2) is 0 Å². The van der Waals surface area contributed by atoms with E-state index >= 15 is 0 Å². The number of nitrogens with one attached hydrogen (secondary N) is 2. The fourth-order valence-corrected chi connectivity index (χ4v) is 9.22. The van der Waals surface area contributed by atoms with E-state index in [2.05, 4.69) is 19.8 Å². The molecule has 0 saturated carbocycles. The molecule has 57 heavy (non-hydrogen) atoms. The molecule has 0 radical (unpaired) electrons. The first-order chi connectivity index (χ1) is 27.8. The molecule has 5 heterocycles. The molecule has 0 bridgehead atoms. The highest BCUT2D eigenvalue weighted by molar-refractivity contribution is 6.35. The van der Waals surface area contributed by atoms with Crippen LogP contribution >= 0.6 is 34.8 Å². The first-order valence-corrected chi connectivity index (χ1v) is 20.1. The summed E-state index contributed by atoms with van der Waals surface area (Å²) in [4.78, 5) is 40.0. The van der Waals surface area contributed by atoms with Crippen LogP contribution in [-0.2, 0) is 9.47 Å². The maximum Gasteiger partial charge on any atom is 0.410 e. The van der Waals surface area contributed by atoms with Gasteiger partial charge in [0.25, 0.3) is 5.91 Å². The van der Waals surface area contributed by atoms with Crippen LogP contribution in [0.4, 0.5) is 16.2 Å². The number of hydrogen-bond donors (Lipinski definition) is 2. The smallest absolute Gasteiger partial charge is 0.410 e. The van der Waals surface area contributed by atoms with Crippen molar-refractivity contribution < 1.29 is 23.8 Å². The zero-order chi connectivity index (χ0) is 39.2. The minimum absolute atomic E-state index is 0.0967. The second-order valence-corrected chi connectivity index (χ2v) is 15.7. The molecule has 0 spiro atoms. The second-order valence-electron chi connectivity index (χ2n) is 14.4. The number of ether oxygens (including phenoxy) is 3. The Bertz CT molecular complexity index is 2500. The van der Waals surface area contributed by atoms with Crippen molar-refractivity contribution >= 4 is 69.1 Å². The molecule has 0 aliphatic carbocycles. The highest BCUT2D eigenvalue weighted by atomic mass is 35.5. The van der Waals surface area contributed by atoms with Crippen LogP contribution in [0.5, 0.6) is 5.75 Å². The lowest BCUT2D eigenvalue weighted by Gasteiger charge is -2.40. The summed E-state index contributed by atoms with van der Waals surface area (Å²) in [6.45, 7) is 3.32. The van der Waals surface area contributed by atoms with Gasteiger partial charge in [-0.25, -0.2) is 9.78 Å². The van der Waals surface area contributed by atoms with Gasteiger partial charge in [-0.1, -0.05) is 71.2 Å². The third-order valence-electron chi connectivity index (χ3n) is 11.0. The van der Waals surface area contributed by atoms with E-state index in [-0.39, 0.29) is 18.0 Å². The van der Waals surface area contributed by atoms with Gasteiger partial charge in [-0.15, -0.1) is 0 Å². The summed E-state index contributed by atoms with van der Waals surface area (Å²) in [5.74, 6) is 0.246. The maximum absolute atomic E-state index is 14.9. The average molecular weight is 826 g/mol. The van der Waals surface area contributed by atoms with Gasteiger partial charge in [0, 0.05) is 76.0 Å². The molecule has 3 aliphatic heterocycles. The van der Waals surface area contributed by atoms with Crippen LogP contribution in [0.15, 0.2) is 85.2 Å². The first kappa shape index (κ1) is 37.4. The molecule has 1 atom stereocenters. The zero-order valence-electron chi connectivity index (χ0n) is 31.1. The monoisotopic (exact) mass is 824 g/mol. The SMILES string of the molecule is COCCOc1ccc(N2CCC(N3CCCOC3=O)CC2)c(NC(=O)c2[nH]c3cc(Cl)cc4c3c2-c2c(-c3ccccc3)ncn2C4c2ccc(Cl)cc2Cl)c1. The van der Waals surface area contributed by atoms with E-state index in [1.54, 1.807) is 19.5 Å². The summed E-state index contributed by atoms with van der Waals surface area (Å²) in [5, 5.41) is 5.64. The molecular formula is C43H39Cl3N6O5. The van der Waals surface area contributed by atoms with E-state index in [1.165, 1.54) is 0 Å². The predicted octanol–water partition coefficient (Wildman–Crippen LogP) is 9.70. The standard InChI is InChI=1S/C43H39Cl3N6O5/c1-55-18-19-56-29-9-11-35(50-15-12-28(13-16-50)51-14-5-17-57-43(51)54)33(23-29)49-42(53)39-37-36-31(20-27(45)22-34(36)48-39)40(30-10-8-26(44)21-32(30)46)52-24-47-38(41(37)52)25-6-3-2-4-7-25/h2-4,6-11,20-24,28,40,48H,5,12-19H2,1H3,(H,49,53). The number of imidazole rings is 1. The van der Waals surface area contributed by atoms with Crippen molar-refractivity contribution in [2.75, 3.05) is 56.8 Å². The third-order valence-corrected chi connectivity index (χ3v) is 11.8. The Hall–Kier alpha value is -5.20. The van der Waals surface area contributed by atoms with E-state index in [0.29, 0.717) is 82.7 Å². The topological polar surface area (TPSA) is 114 Å². The number of hydrogen-bond acceptors (Lipinski definition) is 7. The number of methoxy groups -OCH3 is 1. The number of benzene rings is 4. The average Bonchev–Trinajstić information content (AvgIpc) is 3.82.